The predicted octanol–water partition coefficient (Wildman–Crippen LogP) is 4.96. The van der Waals surface area contributed by atoms with Gasteiger partial charge in [0.2, 0.25) is 11.8 Å². The molecule has 0 bridgehead atoms. The van der Waals surface area contributed by atoms with Crippen LogP contribution in [-0.2, 0) is 23.9 Å². The number of rotatable bonds is 17. The zero-order chi connectivity index (χ0) is 27.4. The third kappa shape index (κ3) is 11.9. The number of allylic oxidation sites excluding steroid dienone is 1. The first kappa shape index (κ1) is 32.1. The molecule has 8 heteroatoms. The molecule has 2 unspecified atom stereocenters. The second-order valence-corrected chi connectivity index (χ2v) is 11.9. The van der Waals surface area contributed by atoms with E-state index in [2.05, 4.69) is 17.2 Å². The molecule has 0 spiro atoms. The van der Waals surface area contributed by atoms with Gasteiger partial charge in [0, 0.05) is 23.4 Å². The molecule has 0 aliphatic carbocycles. The first-order valence-corrected chi connectivity index (χ1v) is 13.4. The third-order valence-corrected chi connectivity index (χ3v) is 6.75. The smallest absolute Gasteiger partial charge is 0.305 e. The number of hydrogen-bond acceptors (Lipinski definition) is 5. The van der Waals surface area contributed by atoms with E-state index in [0.29, 0.717) is 26.0 Å². The highest BCUT2D eigenvalue weighted by atomic mass is 16.7. The fourth-order valence-electron chi connectivity index (χ4n) is 4.32. The average molecular weight is 511 g/mol. The standard InChI is InChI=1S/C28H50N2O6/c1-8-9-10-11-12-13-14-17-26(2,3)25(34)29-18-15-16-21(19-22(31)32)30-24(33)23-27(4,5)20-35-28(6,7)36-23/h8,21,23H,1,9-20H2,2-7H3,(H,29,34)(H,30,33)(H,31,32). The normalized spacial score (nSPS) is 19.8. The molecule has 2 atom stereocenters. The van der Waals surface area contributed by atoms with Crippen molar-refractivity contribution in [3.63, 3.8) is 0 Å². The Balaban J connectivity index is 2.48. The van der Waals surface area contributed by atoms with Crippen LogP contribution in [-0.4, -0.2) is 54.0 Å². The largest absolute Gasteiger partial charge is 0.481 e. The van der Waals surface area contributed by atoms with Gasteiger partial charge in [-0.1, -0.05) is 59.5 Å². The maximum absolute atomic E-state index is 13.0. The number of aliphatic carboxylic acids is 1. The molecule has 1 heterocycles. The molecule has 1 aliphatic rings. The van der Waals surface area contributed by atoms with E-state index in [1.54, 1.807) is 13.8 Å². The number of nitrogens with one attached hydrogen (secondary N) is 2. The van der Waals surface area contributed by atoms with Crippen molar-refractivity contribution in [3.05, 3.63) is 12.7 Å². The summed E-state index contributed by atoms with van der Waals surface area (Å²) in [6, 6.07) is -0.550. The molecule has 2 amide bonds. The summed E-state index contributed by atoms with van der Waals surface area (Å²) in [7, 11) is 0. The zero-order valence-electron chi connectivity index (χ0n) is 23.4. The molecule has 36 heavy (non-hydrogen) atoms. The zero-order valence-corrected chi connectivity index (χ0v) is 23.4. The molecular weight excluding hydrogens is 460 g/mol. The van der Waals surface area contributed by atoms with Gasteiger partial charge < -0.3 is 25.2 Å². The van der Waals surface area contributed by atoms with Gasteiger partial charge in [0.1, 0.15) is 6.10 Å². The molecule has 8 nitrogen and oxygen atoms in total. The Bertz CT molecular complexity index is 732. The molecule has 1 saturated heterocycles. The Kier molecular flexibility index (Phi) is 13.1. The van der Waals surface area contributed by atoms with E-state index in [9.17, 15) is 19.5 Å². The Morgan fingerprint density at radius 2 is 1.72 bits per heavy atom. The number of unbranched alkanes of at least 4 members (excludes halogenated alkanes) is 5. The Hall–Kier alpha value is -1.93. The van der Waals surface area contributed by atoms with Crippen LogP contribution in [0.4, 0.5) is 0 Å². The lowest BCUT2D eigenvalue weighted by Gasteiger charge is -2.45. The first-order chi connectivity index (χ1) is 16.7. The lowest BCUT2D eigenvalue weighted by molar-refractivity contribution is -0.304. The fraction of sp³-hybridized carbons (Fsp3) is 0.821. The summed E-state index contributed by atoms with van der Waals surface area (Å²) < 4.78 is 11.5. The van der Waals surface area contributed by atoms with E-state index < -0.39 is 34.7 Å². The minimum Gasteiger partial charge on any atom is -0.481 e. The van der Waals surface area contributed by atoms with Crippen LogP contribution in [0, 0.1) is 10.8 Å². The predicted molar refractivity (Wildman–Crippen MR) is 141 cm³/mol. The number of ether oxygens (including phenoxy) is 2. The van der Waals surface area contributed by atoms with Gasteiger partial charge in [-0.05, 0) is 46.0 Å². The second-order valence-electron chi connectivity index (χ2n) is 11.9. The molecule has 0 radical (unpaired) electrons. The van der Waals surface area contributed by atoms with E-state index in [0.717, 1.165) is 25.7 Å². The van der Waals surface area contributed by atoms with Crippen LogP contribution < -0.4 is 10.6 Å². The molecule has 0 aromatic rings. The molecule has 1 rings (SSSR count). The van der Waals surface area contributed by atoms with E-state index in [1.165, 1.54) is 19.3 Å². The third-order valence-electron chi connectivity index (χ3n) is 6.75. The molecule has 0 aromatic heterocycles. The van der Waals surface area contributed by atoms with Crippen LogP contribution >= 0.6 is 0 Å². The van der Waals surface area contributed by atoms with Gasteiger partial charge in [0.05, 0.1) is 13.0 Å². The Labute approximate surface area is 218 Å². The van der Waals surface area contributed by atoms with E-state index in [-0.39, 0.29) is 18.2 Å². The maximum Gasteiger partial charge on any atom is 0.305 e. The van der Waals surface area contributed by atoms with Gasteiger partial charge >= 0.3 is 5.97 Å². The van der Waals surface area contributed by atoms with Crippen molar-refractivity contribution in [2.45, 2.75) is 124 Å². The van der Waals surface area contributed by atoms with Crippen LogP contribution in [0.3, 0.4) is 0 Å². The minimum absolute atomic E-state index is 0.00700. The highest BCUT2D eigenvalue weighted by Gasteiger charge is 2.46. The highest BCUT2D eigenvalue weighted by Crippen LogP contribution is 2.35. The Morgan fingerprint density at radius 1 is 1.08 bits per heavy atom. The van der Waals surface area contributed by atoms with Gasteiger partial charge in [0.25, 0.3) is 0 Å². The SMILES string of the molecule is C=CCCCCCCCC(C)(C)C(=O)NCCCC(CC(=O)O)NC(=O)C1OC(C)(C)OCC1(C)C. The lowest BCUT2D eigenvalue weighted by Crippen LogP contribution is -2.57. The summed E-state index contributed by atoms with van der Waals surface area (Å²) >= 11 is 0. The highest BCUT2D eigenvalue weighted by molar-refractivity contribution is 5.83. The van der Waals surface area contributed by atoms with Crippen LogP contribution in [0.15, 0.2) is 12.7 Å². The van der Waals surface area contributed by atoms with Crippen molar-refractivity contribution in [1.82, 2.24) is 10.6 Å². The number of hydrogen-bond donors (Lipinski definition) is 3. The van der Waals surface area contributed by atoms with Gasteiger partial charge in [0.15, 0.2) is 5.79 Å². The fourth-order valence-corrected chi connectivity index (χ4v) is 4.32. The van der Waals surface area contributed by atoms with Crippen molar-refractivity contribution in [2.24, 2.45) is 10.8 Å². The maximum atomic E-state index is 13.0. The van der Waals surface area contributed by atoms with Crippen molar-refractivity contribution in [1.29, 1.82) is 0 Å². The van der Waals surface area contributed by atoms with E-state index >= 15 is 0 Å². The average Bonchev–Trinajstić information content (AvgIpc) is 2.77. The van der Waals surface area contributed by atoms with Gasteiger partial charge in [-0.3, -0.25) is 14.4 Å². The lowest BCUT2D eigenvalue weighted by atomic mass is 9.85. The second kappa shape index (κ2) is 14.7. The van der Waals surface area contributed by atoms with Gasteiger partial charge in [-0.25, -0.2) is 0 Å². The number of amides is 2. The summed E-state index contributed by atoms with van der Waals surface area (Å²) in [5, 5.41) is 15.2. The molecular formula is C28H50N2O6. The van der Waals surface area contributed by atoms with Crippen molar-refractivity contribution in [2.75, 3.05) is 13.2 Å². The van der Waals surface area contributed by atoms with Crippen LogP contribution in [0.1, 0.15) is 106 Å². The topological polar surface area (TPSA) is 114 Å². The van der Waals surface area contributed by atoms with Crippen LogP contribution in [0.5, 0.6) is 0 Å². The number of carboxylic acids is 1. The first-order valence-electron chi connectivity index (χ1n) is 13.4. The summed E-state index contributed by atoms with van der Waals surface area (Å²) in [5.74, 6) is -2.20. The monoisotopic (exact) mass is 510 g/mol. The number of carbonyl (C=O) groups is 3. The van der Waals surface area contributed by atoms with E-state index in [1.807, 2.05) is 33.8 Å². The summed E-state index contributed by atoms with van der Waals surface area (Å²) in [4.78, 5) is 37.1. The van der Waals surface area contributed by atoms with Crippen LogP contribution in [0.2, 0.25) is 0 Å². The summed E-state index contributed by atoms with van der Waals surface area (Å²) in [6.45, 7) is 15.7. The quantitative estimate of drug-likeness (QED) is 0.188. The van der Waals surface area contributed by atoms with Gasteiger partial charge in [-0.15, -0.1) is 6.58 Å². The van der Waals surface area contributed by atoms with Crippen molar-refractivity contribution < 1.29 is 29.0 Å². The molecule has 1 fully saturated rings. The van der Waals surface area contributed by atoms with Gasteiger partial charge in [-0.2, -0.15) is 0 Å². The molecule has 3 N–H and O–H groups in total. The Morgan fingerprint density at radius 3 is 2.36 bits per heavy atom. The molecule has 0 aromatic carbocycles. The molecule has 0 saturated carbocycles. The molecule has 208 valence electrons. The minimum atomic E-state index is -0.984. The summed E-state index contributed by atoms with van der Waals surface area (Å²) in [6.07, 6.45) is 9.59. The van der Waals surface area contributed by atoms with E-state index in [4.69, 9.17) is 9.47 Å². The molecule has 1 aliphatic heterocycles. The summed E-state index contributed by atoms with van der Waals surface area (Å²) in [5.41, 5.74) is -0.993. The van der Waals surface area contributed by atoms with Crippen molar-refractivity contribution in [3.8, 4) is 0 Å². The van der Waals surface area contributed by atoms with Crippen LogP contribution in [0.25, 0.3) is 0 Å². The number of carboxylic acid groups (broad SMARTS) is 1. The number of carbonyl (C=O) groups excluding carboxylic acids is 2. The van der Waals surface area contributed by atoms with Crippen molar-refractivity contribution >= 4 is 17.8 Å².